The van der Waals surface area contributed by atoms with E-state index in [1.54, 1.807) is 0 Å². The van der Waals surface area contributed by atoms with Crippen LogP contribution < -0.4 is 9.64 Å². The van der Waals surface area contributed by atoms with Crippen LogP contribution in [-0.4, -0.2) is 0 Å². The highest BCUT2D eigenvalue weighted by molar-refractivity contribution is 7.25. The summed E-state index contributed by atoms with van der Waals surface area (Å²) in [5.41, 5.74) is 9.99. The number of hydrogen-bond donors (Lipinski definition) is 0. The van der Waals surface area contributed by atoms with Crippen LogP contribution in [0.4, 0.5) is 17.1 Å². The van der Waals surface area contributed by atoms with Gasteiger partial charge in [-0.3, -0.25) is 0 Å². The lowest BCUT2D eigenvalue weighted by Gasteiger charge is -2.31. The zero-order valence-electron chi connectivity index (χ0n) is 26.5. The average Bonchev–Trinajstić information content (AvgIpc) is 3.46. The van der Waals surface area contributed by atoms with E-state index in [1.165, 1.54) is 25.7 Å². The lowest BCUT2D eigenvalue weighted by atomic mass is 9.90. The molecule has 0 saturated carbocycles. The Morgan fingerprint density at radius 2 is 1.08 bits per heavy atom. The maximum Gasteiger partial charge on any atom is 0.159 e. The van der Waals surface area contributed by atoms with E-state index in [2.05, 4.69) is 181 Å². The summed E-state index contributed by atoms with van der Waals surface area (Å²) in [4.78, 5) is 2.41. The molecule has 0 saturated heterocycles. The van der Waals surface area contributed by atoms with Crippen LogP contribution in [0, 0.1) is 0 Å². The van der Waals surface area contributed by atoms with Gasteiger partial charge in [0.25, 0.3) is 0 Å². The third kappa shape index (κ3) is 4.47. The van der Waals surface area contributed by atoms with Crippen LogP contribution in [0.5, 0.6) is 11.5 Å². The summed E-state index contributed by atoms with van der Waals surface area (Å²) in [7, 11) is 0. The highest BCUT2D eigenvalue weighted by Crippen LogP contribution is 2.56. The minimum atomic E-state index is 0.843. The highest BCUT2D eigenvalue weighted by Gasteiger charge is 2.29. The van der Waals surface area contributed by atoms with E-state index in [9.17, 15) is 0 Å². The average molecular weight is 644 g/mol. The molecule has 230 valence electrons. The number of ether oxygens (including phenoxy) is 1. The molecule has 0 spiro atoms. The molecule has 0 radical (unpaired) electrons. The largest absolute Gasteiger partial charge is 0.454 e. The molecule has 10 rings (SSSR count). The molecule has 2 heterocycles. The molecule has 3 heteroatoms. The van der Waals surface area contributed by atoms with E-state index in [0.29, 0.717) is 0 Å². The third-order valence-electron chi connectivity index (χ3n) is 9.66. The molecule has 0 aliphatic carbocycles. The summed E-state index contributed by atoms with van der Waals surface area (Å²) in [5, 5.41) is 4.89. The molecule has 0 unspecified atom stereocenters. The maximum atomic E-state index is 7.19. The van der Waals surface area contributed by atoms with Gasteiger partial charge in [-0.05, 0) is 63.9 Å². The van der Waals surface area contributed by atoms with Crippen molar-refractivity contribution < 1.29 is 4.74 Å². The Morgan fingerprint density at radius 3 is 1.96 bits per heavy atom. The number of para-hydroxylation sites is 2. The van der Waals surface area contributed by atoms with Crippen LogP contribution in [0.15, 0.2) is 176 Å². The quantitative estimate of drug-likeness (QED) is 0.189. The number of benzene rings is 8. The van der Waals surface area contributed by atoms with E-state index < -0.39 is 0 Å². The molecule has 0 bridgehead atoms. The molecule has 8 aromatic carbocycles. The number of nitrogens with zero attached hydrogens (tertiary/aromatic N) is 1. The molecular weight excluding hydrogens is 615 g/mol. The maximum absolute atomic E-state index is 7.19. The van der Waals surface area contributed by atoms with Gasteiger partial charge in [-0.1, -0.05) is 140 Å². The first-order valence-corrected chi connectivity index (χ1v) is 17.4. The van der Waals surface area contributed by atoms with E-state index in [4.69, 9.17) is 4.74 Å². The summed E-state index contributed by atoms with van der Waals surface area (Å²) in [5.74, 6) is 1.69. The Kier molecular flexibility index (Phi) is 6.39. The molecule has 49 heavy (non-hydrogen) atoms. The first-order valence-electron chi connectivity index (χ1n) is 16.6. The fourth-order valence-electron chi connectivity index (χ4n) is 7.47. The number of fused-ring (bicyclic) bond motifs is 10. The van der Waals surface area contributed by atoms with Crippen molar-refractivity contribution in [3.63, 3.8) is 0 Å². The van der Waals surface area contributed by atoms with Crippen LogP contribution in [0.1, 0.15) is 0 Å². The molecule has 0 N–H and O–H groups in total. The second-order valence-electron chi connectivity index (χ2n) is 12.5. The van der Waals surface area contributed by atoms with Crippen molar-refractivity contribution in [3.8, 4) is 44.9 Å². The van der Waals surface area contributed by atoms with Gasteiger partial charge in [-0.15, -0.1) is 11.3 Å². The Bertz CT molecular complexity index is 2710. The van der Waals surface area contributed by atoms with E-state index in [0.717, 1.165) is 67.2 Å². The van der Waals surface area contributed by atoms with Crippen LogP contribution in [-0.2, 0) is 0 Å². The molecule has 0 amide bonds. The van der Waals surface area contributed by atoms with Gasteiger partial charge in [-0.2, -0.15) is 0 Å². The minimum Gasteiger partial charge on any atom is -0.454 e. The first kappa shape index (κ1) is 27.9. The predicted molar refractivity (Wildman–Crippen MR) is 208 cm³/mol. The van der Waals surface area contributed by atoms with Gasteiger partial charge >= 0.3 is 0 Å². The van der Waals surface area contributed by atoms with Gasteiger partial charge in [0.15, 0.2) is 5.75 Å². The van der Waals surface area contributed by atoms with Crippen molar-refractivity contribution in [1.82, 2.24) is 0 Å². The van der Waals surface area contributed by atoms with Gasteiger partial charge in [0.2, 0.25) is 0 Å². The molecule has 1 aromatic heterocycles. The van der Waals surface area contributed by atoms with Gasteiger partial charge in [-0.25, -0.2) is 0 Å². The lowest BCUT2D eigenvalue weighted by molar-refractivity contribution is 0.489. The third-order valence-corrected chi connectivity index (χ3v) is 10.8. The van der Waals surface area contributed by atoms with E-state index in [1.807, 2.05) is 11.3 Å². The van der Waals surface area contributed by atoms with Crippen LogP contribution in [0.25, 0.3) is 64.3 Å². The van der Waals surface area contributed by atoms with Crippen molar-refractivity contribution in [2.45, 2.75) is 0 Å². The van der Waals surface area contributed by atoms with Gasteiger partial charge in [0.05, 0.1) is 11.4 Å². The Morgan fingerprint density at radius 1 is 0.429 bits per heavy atom. The van der Waals surface area contributed by atoms with Gasteiger partial charge in [0, 0.05) is 42.6 Å². The molecule has 1 aliphatic rings. The SMILES string of the molecule is c1ccc(-c2ccccc2N(c2ccc3c(c2)sc2ccccc23)c2cc3ccccc3c3c2Oc2ccccc2-c2ccccc2-3)cc1. The van der Waals surface area contributed by atoms with Crippen molar-refractivity contribution >= 4 is 59.3 Å². The Labute approximate surface area is 288 Å². The van der Waals surface area contributed by atoms with Crippen molar-refractivity contribution in [3.05, 3.63) is 176 Å². The van der Waals surface area contributed by atoms with Crippen molar-refractivity contribution in [2.75, 3.05) is 4.90 Å². The molecule has 0 atom stereocenters. The molecule has 1 aliphatic heterocycles. The highest BCUT2D eigenvalue weighted by atomic mass is 32.1. The second kappa shape index (κ2) is 11.2. The Hall–Kier alpha value is -6.16. The number of thiophene rings is 1. The minimum absolute atomic E-state index is 0.843. The van der Waals surface area contributed by atoms with Gasteiger partial charge < -0.3 is 9.64 Å². The molecule has 9 aromatic rings. The number of hydrogen-bond acceptors (Lipinski definition) is 3. The number of anilines is 3. The second-order valence-corrected chi connectivity index (χ2v) is 13.5. The molecular formula is C46H29NOS. The Balaban J connectivity index is 1.33. The summed E-state index contributed by atoms with van der Waals surface area (Å²) < 4.78 is 9.74. The summed E-state index contributed by atoms with van der Waals surface area (Å²) >= 11 is 1.84. The first-order chi connectivity index (χ1) is 24.3. The fourth-order valence-corrected chi connectivity index (χ4v) is 8.61. The zero-order valence-corrected chi connectivity index (χ0v) is 27.3. The van der Waals surface area contributed by atoms with Crippen LogP contribution >= 0.6 is 11.3 Å². The summed E-state index contributed by atoms with van der Waals surface area (Å²) in [6.07, 6.45) is 0. The summed E-state index contributed by atoms with van der Waals surface area (Å²) in [6, 6.07) is 63.1. The normalized spacial score (nSPS) is 11.8. The lowest BCUT2D eigenvalue weighted by Crippen LogP contribution is -2.13. The summed E-state index contributed by atoms with van der Waals surface area (Å²) in [6.45, 7) is 0. The van der Waals surface area contributed by atoms with E-state index >= 15 is 0 Å². The monoisotopic (exact) mass is 643 g/mol. The molecule has 0 fully saturated rings. The van der Waals surface area contributed by atoms with Crippen molar-refractivity contribution in [2.24, 2.45) is 0 Å². The fraction of sp³-hybridized carbons (Fsp3) is 0. The topological polar surface area (TPSA) is 12.5 Å². The van der Waals surface area contributed by atoms with Crippen LogP contribution in [0.3, 0.4) is 0 Å². The van der Waals surface area contributed by atoms with Crippen LogP contribution in [0.2, 0.25) is 0 Å². The van der Waals surface area contributed by atoms with E-state index in [-0.39, 0.29) is 0 Å². The predicted octanol–water partition coefficient (Wildman–Crippen LogP) is 13.8. The number of rotatable bonds is 4. The van der Waals surface area contributed by atoms with Gasteiger partial charge in [0.1, 0.15) is 5.75 Å². The standard InChI is InChI=1S/C46H29NOS/c1-2-14-30(15-3-1)33-17-8-11-23-40(33)47(32-26-27-38-37-21-10-13-25-43(37)49-44(38)29-32)41-28-31-16-4-5-18-34(31)45-39-22-7-6-19-35(39)36-20-9-12-24-42(36)48-46(41)45/h1-29H. The zero-order chi connectivity index (χ0) is 32.3. The smallest absolute Gasteiger partial charge is 0.159 e. The van der Waals surface area contributed by atoms with Crippen molar-refractivity contribution in [1.29, 1.82) is 0 Å². The molecule has 2 nitrogen and oxygen atoms in total.